The molecule has 2 N–H and O–H groups in total. The van der Waals surface area contributed by atoms with Crippen LogP contribution in [0.5, 0.6) is 5.75 Å². The number of para-hydroxylation sites is 1. The fourth-order valence-electron chi connectivity index (χ4n) is 2.71. The molecule has 0 unspecified atom stereocenters. The van der Waals surface area contributed by atoms with Crippen molar-refractivity contribution in [2.24, 2.45) is 0 Å². The molecule has 152 valence electrons. The molecule has 0 saturated heterocycles. The Balaban J connectivity index is 1.79. The van der Waals surface area contributed by atoms with E-state index in [1.807, 2.05) is 54.6 Å². The highest BCUT2D eigenvalue weighted by Crippen LogP contribution is 2.29. The molecule has 0 aliphatic carbocycles. The first-order valence-electron chi connectivity index (χ1n) is 9.29. The summed E-state index contributed by atoms with van der Waals surface area (Å²) in [6.07, 6.45) is 3.57. The zero-order chi connectivity index (χ0) is 20.7. The van der Waals surface area contributed by atoms with E-state index < -0.39 is 10.0 Å². The minimum Gasteiger partial charge on any atom is -0.493 e. The van der Waals surface area contributed by atoms with Gasteiger partial charge in [-0.15, -0.1) is 0 Å². The Morgan fingerprint density at radius 3 is 2.66 bits per heavy atom. The molecule has 0 aliphatic heterocycles. The molecular formula is C21H24N4O3S. The van der Waals surface area contributed by atoms with Crippen LogP contribution in [-0.2, 0) is 16.6 Å². The summed E-state index contributed by atoms with van der Waals surface area (Å²) < 4.78 is 30.9. The molecule has 0 radical (unpaired) electrons. The maximum absolute atomic E-state index is 11.3. The molecule has 0 spiro atoms. The van der Waals surface area contributed by atoms with Crippen molar-refractivity contribution in [1.82, 2.24) is 14.7 Å². The van der Waals surface area contributed by atoms with Crippen LogP contribution in [0.1, 0.15) is 18.9 Å². The van der Waals surface area contributed by atoms with Crippen LogP contribution < -0.4 is 14.8 Å². The summed E-state index contributed by atoms with van der Waals surface area (Å²) in [6.45, 7) is 2.93. The summed E-state index contributed by atoms with van der Waals surface area (Å²) in [4.78, 5) is 8.68. The van der Waals surface area contributed by atoms with Gasteiger partial charge in [0.1, 0.15) is 17.9 Å². The van der Waals surface area contributed by atoms with Gasteiger partial charge in [0, 0.05) is 23.9 Å². The van der Waals surface area contributed by atoms with Gasteiger partial charge in [0.05, 0.1) is 18.6 Å². The third-order valence-electron chi connectivity index (χ3n) is 4.03. The standard InChI is InChI=1S/C21H24N4O3S/c1-3-11-28-20-10-5-4-9-18(20)19-13-21(23-15-22-19)25-17-8-6-7-16(12-17)14-24-29(2,26)27/h4-10,12-13,15,24H,3,11,14H2,1-2H3,(H,22,23,25). The number of hydrogen-bond acceptors (Lipinski definition) is 6. The van der Waals surface area contributed by atoms with E-state index in [-0.39, 0.29) is 6.54 Å². The van der Waals surface area contributed by atoms with Crippen LogP contribution in [-0.4, -0.2) is 31.2 Å². The molecule has 29 heavy (non-hydrogen) atoms. The van der Waals surface area contributed by atoms with Gasteiger partial charge in [0.2, 0.25) is 10.0 Å². The Morgan fingerprint density at radius 1 is 1.03 bits per heavy atom. The number of aromatic nitrogens is 2. The maximum atomic E-state index is 11.3. The molecule has 0 bridgehead atoms. The summed E-state index contributed by atoms with van der Waals surface area (Å²) in [5, 5.41) is 3.25. The van der Waals surface area contributed by atoms with E-state index in [4.69, 9.17) is 4.74 Å². The molecule has 0 amide bonds. The number of rotatable bonds is 9. The lowest BCUT2D eigenvalue weighted by molar-refractivity contribution is 0.318. The Kier molecular flexibility index (Phi) is 6.79. The SMILES string of the molecule is CCCOc1ccccc1-c1cc(Nc2cccc(CNS(C)(=O)=O)c2)ncn1. The predicted molar refractivity (Wildman–Crippen MR) is 115 cm³/mol. The quantitative estimate of drug-likeness (QED) is 0.556. The second kappa shape index (κ2) is 9.49. The van der Waals surface area contributed by atoms with Crippen LogP contribution >= 0.6 is 0 Å². The number of sulfonamides is 1. The lowest BCUT2D eigenvalue weighted by Gasteiger charge is -2.12. The third kappa shape index (κ3) is 6.27. The van der Waals surface area contributed by atoms with Gasteiger partial charge in [0.25, 0.3) is 0 Å². The minimum atomic E-state index is -3.24. The van der Waals surface area contributed by atoms with Gasteiger partial charge in [-0.2, -0.15) is 0 Å². The topological polar surface area (TPSA) is 93.2 Å². The summed E-state index contributed by atoms with van der Waals surface area (Å²) >= 11 is 0. The van der Waals surface area contributed by atoms with Crippen molar-refractivity contribution in [2.45, 2.75) is 19.9 Å². The van der Waals surface area contributed by atoms with Crippen molar-refractivity contribution >= 4 is 21.5 Å². The number of nitrogens with zero attached hydrogens (tertiary/aromatic N) is 2. The number of anilines is 2. The molecule has 2 aromatic carbocycles. The molecular weight excluding hydrogens is 388 g/mol. The highest BCUT2D eigenvalue weighted by atomic mass is 32.2. The fraction of sp³-hybridized carbons (Fsp3) is 0.238. The lowest BCUT2D eigenvalue weighted by Crippen LogP contribution is -2.21. The van der Waals surface area contributed by atoms with Crippen molar-refractivity contribution in [3.8, 4) is 17.0 Å². The van der Waals surface area contributed by atoms with Crippen LogP contribution in [0.3, 0.4) is 0 Å². The monoisotopic (exact) mass is 412 g/mol. The van der Waals surface area contributed by atoms with Crippen molar-refractivity contribution in [3.05, 3.63) is 66.5 Å². The zero-order valence-corrected chi connectivity index (χ0v) is 17.2. The highest BCUT2D eigenvalue weighted by Gasteiger charge is 2.09. The van der Waals surface area contributed by atoms with Gasteiger partial charge in [-0.05, 0) is 36.2 Å². The van der Waals surface area contributed by atoms with E-state index in [0.717, 1.165) is 40.9 Å². The van der Waals surface area contributed by atoms with Crippen LogP contribution in [0.25, 0.3) is 11.3 Å². The number of hydrogen-bond donors (Lipinski definition) is 2. The first-order chi connectivity index (χ1) is 13.9. The first-order valence-corrected chi connectivity index (χ1v) is 11.2. The van der Waals surface area contributed by atoms with Crippen molar-refractivity contribution < 1.29 is 13.2 Å². The van der Waals surface area contributed by atoms with Crippen molar-refractivity contribution in [1.29, 1.82) is 0 Å². The number of benzene rings is 2. The Morgan fingerprint density at radius 2 is 1.86 bits per heavy atom. The van der Waals surface area contributed by atoms with Crippen molar-refractivity contribution in [2.75, 3.05) is 18.2 Å². The molecule has 1 aromatic heterocycles. The fourth-order valence-corrected chi connectivity index (χ4v) is 3.14. The van der Waals surface area contributed by atoms with Gasteiger partial charge in [-0.3, -0.25) is 0 Å². The van der Waals surface area contributed by atoms with Gasteiger partial charge in [-0.1, -0.05) is 31.2 Å². The van der Waals surface area contributed by atoms with E-state index in [1.165, 1.54) is 6.33 Å². The van der Waals surface area contributed by atoms with Crippen LogP contribution in [0.4, 0.5) is 11.5 Å². The van der Waals surface area contributed by atoms with Gasteiger partial charge in [0.15, 0.2) is 0 Å². The summed E-state index contributed by atoms with van der Waals surface area (Å²) in [5.41, 5.74) is 3.30. The Bertz CT molecular complexity index is 1070. The number of nitrogens with one attached hydrogen (secondary N) is 2. The average molecular weight is 413 g/mol. The molecule has 3 aromatic rings. The molecule has 0 atom stereocenters. The predicted octanol–water partition coefficient (Wildman–Crippen LogP) is 3.73. The average Bonchev–Trinajstić information content (AvgIpc) is 2.71. The van der Waals surface area contributed by atoms with Gasteiger partial charge in [-0.25, -0.2) is 23.1 Å². The van der Waals surface area contributed by atoms with E-state index in [2.05, 4.69) is 26.9 Å². The second-order valence-electron chi connectivity index (χ2n) is 6.55. The molecule has 0 saturated carbocycles. The molecule has 0 aliphatic rings. The van der Waals surface area contributed by atoms with Crippen LogP contribution in [0.2, 0.25) is 0 Å². The molecule has 8 heteroatoms. The normalized spacial score (nSPS) is 11.2. The largest absolute Gasteiger partial charge is 0.493 e. The zero-order valence-electron chi connectivity index (χ0n) is 16.4. The van der Waals surface area contributed by atoms with E-state index >= 15 is 0 Å². The van der Waals surface area contributed by atoms with E-state index in [0.29, 0.717) is 12.4 Å². The van der Waals surface area contributed by atoms with E-state index in [1.54, 1.807) is 0 Å². The molecule has 1 heterocycles. The Hall–Kier alpha value is -2.97. The summed E-state index contributed by atoms with van der Waals surface area (Å²) in [6, 6.07) is 17.1. The van der Waals surface area contributed by atoms with Gasteiger partial charge < -0.3 is 10.1 Å². The Labute approximate surface area is 171 Å². The lowest BCUT2D eigenvalue weighted by atomic mass is 10.1. The van der Waals surface area contributed by atoms with Crippen molar-refractivity contribution in [3.63, 3.8) is 0 Å². The smallest absolute Gasteiger partial charge is 0.209 e. The van der Waals surface area contributed by atoms with E-state index in [9.17, 15) is 8.42 Å². The minimum absolute atomic E-state index is 0.228. The second-order valence-corrected chi connectivity index (χ2v) is 8.38. The molecule has 3 rings (SSSR count). The first kappa shape index (κ1) is 20.8. The molecule has 0 fully saturated rings. The number of ether oxygens (including phenoxy) is 1. The molecule has 7 nitrogen and oxygen atoms in total. The summed E-state index contributed by atoms with van der Waals surface area (Å²) in [7, 11) is -3.24. The maximum Gasteiger partial charge on any atom is 0.209 e. The van der Waals surface area contributed by atoms with Crippen LogP contribution in [0, 0.1) is 0 Å². The highest BCUT2D eigenvalue weighted by molar-refractivity contribution is 7.88. The summed E-state index contributed by atoms with van der Waals surface area (Å²) in [5.74, 6) is 1.42. The van der Waals surface area contributed by atoms with Gasteiger partial charge >= 0.3 is 0 Å². The third-order valence-corrected chi connectivity index (χ3v) is 4.70. The van der Waals surface area contributed by atoms with Crippen LogP contribution in [0.15, 0.2) is 60.9 Å².